The summed E-state index contributed by atoms with van der Waals surface area (Å²) in [6.45, 7) is 4.56. The molecule has 0 saturated carbocycles. The van der Waals surface area contributed by atoms with Gasteiger partial charge in [0.15, 0.2) is 5.65 Å². The molecular formula is C14H20N6. The van der Waals surface area contributed by atoms with Gasteiger partial charge in [0.1, 0.15) is 12.1 Å². The molecule has 2 aliphatic rings. The number of anilines is 1. The van der Waals surface area contributed by atoms with Gasteiger partial charge in [0.25, 0.3) is 0 Å². The zero-order chi connectivity index (χ0) is 13.5. The van der Waals surface area contributed by atoms with E-state index in [0.717, 1.165) is 36.5 Å². The number of piperidine rings is 1. The van der Waals surface area contributed by atoms with E-state index in [1.807, 2.05) is 17.9 Å². The highest BCUT2D eigenvalue weighted by molar-refractivity contribution is 5.86. The molecule has 2 saturated heterocycles. The molecule has 106 valence electrons. The molecule has 0 bridgehead atoms. The lowest BCUT2D eigenvalue weighted by Gasteiger charge is -2.44. The Kier molecular flexibility index (Phi) is 2.84. The summed E-state index contributed by atoms with van der Waals surface area (Å²) in [4.78, 5) is 13.9. The third-order valence-electron chi connectivity index (χ3n) is 4.65. The van der Waals surface area contributed by atoms with Crippen molar-refractivity contribution in [2.75, 3.05) is 31.1 Å². The van der Waals surface area contributed by atoms with Crippen molar-refractivity contribution in [3.8, 4) is 0 Å². The van der Waals surface area contributed by atoms with E-state index in [4.69, 9.17) is 0 Å². The minimum absolute atomic E-state index is 0.694. The fraction of sp³-hybridized carbons (Fsp3) is 0.643. The molecule has 0 spiro atoms. The SMILES string of the molecule is Cn1ncc2c(N3CCN4CCCCC4C3)ncnc21. The van der Waals surface area contributed by atoms with Crippen LogP contribution in [0.15, 0.2) is 12.5 Å². The Morgan fingerprint density at radius 1 is 1.15 bits per heavy atom. The molecule has 2 fully saturated rings. The van der Waals surface area contributed by atoms with Gasteiger partial charge in [-0.3, -0.25) is 9.58 Å². The number of hydrogen-bond acceptors (Lipinski definition) is 5. The Hall–Kier alpha value is -1.69. The minimum Gasteiger partial charge on any atom is -0.353 e. The predicted molar refractivity (Wildman–Crippen MR) is 77.7 cm³/mol. The maximum atomic E-state index is 4.52. The first-order valence-electron chi connectivity index (χ1n) is 7.44. The van der Waals surface area contributed by atoms with E-state index in [-0.39, 0.29) is 0 Å². The third kappa shape index (κ3) is 1.86. The number of piperazine rings is 1. The molecule has 6 nitrogen and oxygen atoms in total. The Balaban J connectivity index is 1.66. The van der Waals surface area contributed by atoms with Gasteiger partial charge < -0.3 is 4.90 Å². The summed E-state index contributed by atoms with van der Waals surface area (Å²) in [5, 5.41) is 5.38. The van der Waals surface area contributed by atoms with Crippen LogP contribution in [0.5, 0.6) is 0 Å². The fourth-order valence-electron chi connectivity index (χ4n) is 3.55. The van der Waals surface area contributed by atoms with Gasteiger partial charge in [-0.15, -0.1) is 0 Å². The fourth-order valence-corrected chi connectivity index (χ4v) is 3.55. The first-order valence-corrected chi connectivity index (χ1v) is 7.44. The van der Waals surface area contributed by atoms with Crippen LogP contribution in [0, 0.1) is 0 Å². The molecule has 1 unspecified atom stereocenters. The lowest BCUT2D eigenvalue weighted by atomic mass is 9.99. The van der Waals surface area contributed by atoms with Crippen molar-refractivity contribution in [2.45, 2.75) is 25.3 Å². The maximum Gasteiger partial charge on any atom is 0.163 e. The topological polar surface area (TPSA) is 50.1 Å². The van der Waals surface area contributed by atoms with Crippen molar-refractivity contribution in [2.24, 2.45) is 7.05 Å². The van der Waals surface area contributed by atoms with Gasteiger partial charge in [0.2, 0.25) is 0 Å². The lowest BCUT2D eigenvalue weighted by Crippen LogP contribution is -2.55. The van der Waals surface area contributed by atoms with Crippen LogP contribution in [-0.4, -0.2) is 56.9 Å². The zero-order valence-corrected chi connectivity index (χ0v) is 11.9. The molecule has 2 aromatic rings. The molecule has 0 N–H and O–H groups in total. The van der Waals surface area contributed by atoms with Crippen molar-refractivity contribution >= 4 is 16.9 Å². The first-order chi connectivity index (χ1) is 9.83. The van der Waals surface area contributed by atoms with E-state index in [0.29, 0.717) is 6.04 Å². The third-order valence-corrected chi connectivity index (χ3v) is 4.65. The second-order valence-corrected chi connectivity index (χ2v) is 5.83. The second kappa shape index (κ2) is 4.70. The number of fused-ring (bicyclic) bond motifs is 2. The number of hydrogen-bond donors (Lipinski definition) is 0. The van der Waals surface area contributed by atoms with Crippen molar-refractivity contribution in [1.29, 1.82) is 0 Å². The lowest BCUT2D eigenvalue weighted by molar-refractivity contribution is 0.133. The van der Waals surface area contributed by atoms with Crippen LogP contribution in [-0.2, 0) is 7.05 Å². The maximum absolute atomic E-state index is 4.52. The summed E-state index contributed by atoms with van der Waals surface area (Å²) in [7, 11) is 1.93. The zero-order valence-electron chi connectivity index (χ0n) is 11.9. The largest absolute Gasteiger partial charge is 0.353 e. The standard InChI is InChI=1S/C14H20N6/c1-18-13-12(8-17-18)14(16-10-15-13)20-7-6-19-5-3-2-4-11(19)9-20/h8,10-11H,2-7,9H2,1H3. The molecular weight excluding hydrogens is 252 g/mol. The molecule has 4 rings (SSSR count). The van der Waals surface area contributed by atoms with Crippen molar-refractivity contribution < 1.29 is 0 Å². The molecule has 2 aliphatic heterocycles. The molecule has 1 atom stereocenters. The van der Waals surface area contributed by atoms with Crippen LogP contribution in [0.4, 0.5) is 5.82 Å². The Morgan fingerprint density at radius 2 is 2.10 bits per heavy atom. The second-order valence-electron chi connectivity index (χ2n) is 5.83. The van der Waals surface area contributed by atoms with Crippen LogP contribution in [0.2, 0.25) is 0 Å². The highest BCUT2D eigenvalue weighted by Crippen LogP contribution is 2.27. The van der Waals surface area contributed by atoms with Crippen LogP contribution in [0.1, 0.15) is 19.3 Å². The van der Waals surface area contributed by atoms with Gasteiger partial charge in [0.05, 0.1) is 11.6 Å². The average Bonchev–Trinajstić information content (AvgIpc) is 2.88. The smallest absolute Gasteiger partial charge is 0.163 e. The normalized spacial score (nSPS) is 24.1. The Labute approximate surface area is 118 Å². The molecule has 0 aliphatic carbocycles. The van der Waals surface area contributed by atoms with E-state index < -0.39 is 0 Å². The average molecular weight is 272 g/mol. The number of aryl methyl sites for hydroxylation is 1. The molecule has 20 heavy (non-hydrogen) atoms. The van der Waals surface area contributed by atoms with Crippen molar-refractivity contribution in [3.05, 3.63) is 12.5 Å². The summed E-state index contributed by atoms with van der Waals surface area (Å²) in [6, 6.07) is 0.694. The van der Waals surface area contributed by atoms with E-state index in [1.54, 1.807) is 6.33 Å². The van der Waals surface area contributed by atoms with Gasteiger partial charge in [-0.05, 0) is 19.4 Å². The number of nitrogens with zero attached hydrogens (tertiary/aromatic N) is 6. The van der Waals surface area contributed by atoms with E-state index >= 15 is 0 Å². The first kappa shape index (κ1) is 12.1. The minimum atomic E-state index is 0.694. The summed E-state index contributed by atoms with van der Waals surface area (Å²) in [5.41, 5.74) is 0.918. The summed E-state index contributed by atoms with van der Waals surface area (Å²) >= 11 is 0. The number of rotatable bonds is 1. The Bertz CT molecular complexity index is 621. The molecule has 2 aromatic heterocycles. The number of aromatic nitrogens is 4. The highest BCUT2D eigenvalue weighted by Gasteiger charge is 2.30. The van der Waals surface area contributed by atoms with Gasteiger partial charge in [0, 0.05) is 32.7 Å². The van der Waals surface area contributed by atoms with E-state index in [1.165, 1.54) is 25.8 Å². The summed E-state index contributed by atoms with van der Waals surface area (Å²) in [5.74, 6) is 1.05. The molecule has 4 heterocycles. The monoisotopic (exact) mass is 272 g/mol. The van der Waals surface area contributed by atoms with Crippen LogP contribution in [0.25, 0.3) is 11.0 Å². The van der Waals surface area contributed by atoms with Gasteiger partial charge in [-0.25, -0.2) is 9.97 Å². The van der Waals surface area contributed by atoms with Gasteiger partial charge in [-0.1, -0.05) is 6.42 Å². The van der Waals surface area contributed by atoms with Crippen LogP contribution in [0.3, 0.4) is 0 Å². The van der Waals surface area contributed by atoms with Gasteiger partial charge >= 0.3 is 0 Å². The van der Waals surface area contributed by atoms with E-state index in [9.17, 15) is 0 Å². The van der Waals surface area contributed by atoms with Crippen LogP contribution < -0.4 is 4.90 Å². The Morgan fingerprint density at radius 3 is 3.05 bits per heavy atom. The quantitative estimate of drug-likeness (QED) is 0.776. The van der Waals surface area contributed by atoms with Crippen molar-refractivity contribution in [1.82, 2.24) is 24.6 Å². The van der Waals surface area contributed by atoms with Crippen LogP contribution >= 0.6 is 0 Å². The van der Waals surface area contributed by atoms with E-state index in [2.05, 4.69) is 24.9 Å². The summed E-state index contributed by atoms with van der Waals surface area (Å²) < 4.78 is 1.82. The van der Waals surface area contributed by atoms with Crippen molar-refractivity contribution in [3.63, 3.8) is 0 Å². The summed E-state index contributed by atoms with van der Waals surface area (Å²) in [6.07, 6.45) is 7.58. The molecule has 0 amide bonds. The highest BCUT2D eigenvalue weighted by atomic mass is 15.3. The van der Waals surface area contributed by atoms with Gasteiger partial charge in [-0.2, -0.15) is 5.10 Å². The predicted octanol–water partition coefficient (Wildman–Crippen LogP) is 1.04. The molecule has 6 heteroatoms. The molecule has 0 radical (unpaired) electrons. The molecule has 0 aromatic carbocycles.